The summed E-state index contributed by atoms with van der Waals surface area (Å²) in [4.78, 5) is 102. The van der Waals surface area contributed by atoms with Crippen molar-refractivity contribution in [3.8, 4) is 11.5 Å². The number of hydrogen-bond acceptors (Lipinski definition) is 12. The molecule has 0 bridgehead atoms. The third-order valence-corrected chi connectivity index (χ3v) is 10.7. The number of benzene rings is 2. The van der Waals surface area contributed by atoms with Gasteiger partial charge in [-0.15, -0.1) is 0 Å². The van der Waals surface area contributed by atoms with Crippen LogP contribution < -0.4 is 41.4 Å². The first kappa shape index (κ1) is 58.1. The van der Waals surface area contributed by atoms with Gasteiger partial charge in [0.15, 0.2) is 0 Å². The highest BCUT2D eigenvalue weighted by molar-refractivity contribution is 5.95. The predicted octanol–water partition coefficient (Wildman–Crippen LogP) is 2.40. The minimum atomic E-state index is -1.38. The van der Waals surface area contributed by atoms with E-state index in [-0.39, 0.29) is 63.6 Å². The fourth-order valence-corrected chi connectivity index (χ4v) is 6.99. The predicted molar refractivity (Wildman–Crippen MR) is 252 cm³/mol. The number of aliphatic carboxylic acids is 2. The highest BCUT2D eigenvalue weighted by Gasteiger charge is 2.34. The van der Waals surface area contributed by atoms with Crippen LogP contribution in [-0.4, -0.2) is 129 Å². The standard InChI is InChI=1S/C48H74N6O14/c1-25(2)21-35(43(59)53-39(27(5)6)47(63)64)49-45(61)41(29(9)55)51-37(57)13-11-19-67-33-17-15-31-16-18-34(24-32(31)23-33)68-20-12-14-38(58)52-42(30(10)56)46(62)50-36(22-26(3)4)44(60)54-40(28(7)8)48(65)66/h15-18,23-30,35-36,39-42,55-56H,11-14,19-22H2,1-10H3,(H,49,61)(H,50,62)(H,51,57)(H,52,58)(H,53,59)(H,54,60)(H,63,64)(H,65,66)/t29?,30?,35-,36-,39-,40-,41-,42-/m0/s1. The molecule has 0 fully saturated rings. The molecule has 0 aliphatic rings. The van der Waals surface area contributed by atoms with Crippen molar-refractivity contribution in [2.24, 2.45) is 23.7 Å². The number of carboxylic acids is 2. The maximum Gasteiger partial charge on any atom is 0.326 e. The molecule has 0 radical (unpaired) electrons. The molecule has 68 heavy (non-hydrogen) atoms. The number of carbonyl (C=O) groups is 8. The van der Waals surface area contributed by atoms with Crippen LogP contribution in [-0.2, 0) is 38.4 Å². The first-order valence-electron chi connectivity index (χ1n) is 23.2. The van der Waals surface area contributed by atoms with E-state index >= 15 is 0 Å². The van der Waals surface area contributed by atoms with Crippen LogP contribution in [0.1, 0.15) is 108 Å². The van der Waals surface area contributed by atoms with Gasteiger partial charge in [-0.05, 0) is 98.2 Å². The number of ether oxygens (including phenoxy) is 2. The number of aliphatic hydroxyl groups excluding tert-OH is 2. The minimum Gasteiger partial charge on any atom is -0.494 e. The Morgan fingerprint density at radius 2 is 0.824 bits per heavy atom. The molecule has 20 nitrogen and oxygen atoms in total. The molecule has 380 valence electrons. The van der Waals surface area contributed by atoms with Crippen LogP contribution in [0.15, 0.2) is 36.4 Å². The van der Waals surface area contributed by atoms with Gasteiger partial charge in [0.25, 0.3) is 0 Å². The second-order valence-corrected chi connectivity index (χ2v) is 18.7. The monoisotopic (exact) mass is 959 g/mol. The number of amides is 6. The molecule has 0 spiro atoms. The SMILES string of the molecule is CC(C)C[C@H](NC(=O)[C@@H](NC(=O)CCCOc1ccc2ccc(OCCCC(=O)N[C@H](C(=O)N[C@@H](CC(C)C)C(=O)N[C@H](C(=O)O)C(C)C)C(C)O)cc2c1)C(C)O)C(=O)N[C@H](C(=O)O)C(C)C. The van der Waals surface area contributed by atoms with Gasteiger partial charge in [0.05, 0.1) is 25.4 Å². The van der Waals surface area contributed by atoms with Crippen molar-refractivity contribution in [1.82, 2.24) is 31.9 Å². The van der Waals surface area contributed by atoms with Crippen LogP contribution in [0, 0.1) is 23.7 Å². The Morgan fingerprint density at radius 1 is 0.471 bits per heavy atom. The zero-order valence-electron chi connectivity index (χ0n) is 40.9. The Balaban J connectivity index is 1.93. The molecule has 20 heteroatoms. The first-order valence-corrected chi connectivity index (χ1v) is 23.2. The van der Waals surface area contributed by atoms with Crippen molar-refractivity contribution in [2.45, 2.75) is 156 Å². The smallest absolute Gasteiger partial charge is 0.326 e. The van der Waals surface area contributed by atoms with Crippen LogP contribution >= 0.6 is 0 Å². The molecule has 8 atom stereocenters. The minimum absolute atomic E-state index is 0.0514. The van der Waals surface area contributed by atoms with Gasteiger partial charge in [0.2, 0.25) is 35.4 Å². The Morgan fingerprint density at radius 3 is 1.12 bits per heavy atom. The van der Waals surface area contributed by atoms with Gasteiger partial charge in [-0.3, -0.25) is 28.8 Å². The Labute approximate surface area is 398 Å². The first-order chi connectivity index (χ1) is 31.8. The van der Waals surface area contributed by atoms with Crippen molar-refractivity contribution in [3.63, 3.8) is 0 Å². The molecule has 2 rings (SSSR count). The van der Waals surface area contributed by atoms with Crippen LogP contribution in [0.2, 0.25) is 0 Å². The topological polar surface area (TPSA) is 308 Å². The van der Waals surface area contributed by atoms with E-state index < -0.39 is 108 Å². The largest absolute Gasteiger partial charge is 0.494 e. The van der Waals surface area contributed by atoms with Gasteiger partial charge >= 0.3 is 11.9 Å². The summed E-state index contributed by atoms with van der Waals surface area (Å²) in [5.41, 5.74) is 0. The molecule has 0 saturated carbocycles. The quantitative estimate of drug-likeness (QED) is 0.0503. The Bertz CT molecular complexity index is 1890. The van der Waals surface area contributed by atoms with E-state index in [1.165, 1.54) is 13.8 Å². The van der Waals surface area contributed by atoms with E-state index in [0.717, 1.165) is 10.8 Å². The van der Waals surface area contributed by atoms with Crippen molar-refractivity contribution in [1.29, 1.82) is 0 Å². The summed E-state index contributed by atoms with van der Waals surface area (Å²) in [6.07, 6.45) is -1.85. The van der Waals surface area contributed by atoms with E-state index in [0.29, 0.717) is 11.5 Å². The van der Waals surface area contributed by atoms with Gasteiger partial charge < -0.3 is 61.8 Å². The molecule has 0 aromatic heterocycles. The Kier molecular flexibility index (Phi) is 24.2. The number of aliphatic hydroxyl groups is 2. The van der Waals surface area contributed by atoms with Crippen LogP contribution in [0.25, 0.3) is 10.8 Å². The highest BCUT2D eigenvalue weighted by Crippen LogP contribution is 2.26. The molecule has 6 amide bonds. The van der Waals surface area contributed by atoms with Crippen LogP contribution in [0.5, 0.6) is 11.5 Å². The lowest BCUT2D eigenvalue weighted by molar-refractivity contribution is -0.144. The number of nitrogens with one attached hydrogen (secondary N) is 6. The highest BCUT2D eigenvalue weighted by atomic mass is 16.5. The lowest BCUT2D eigenvalue weighted by Crippen LogP contribution is -2.58. The normalized spacial score (nSPS) is 15.0. The average molecular weight is 959 g/mol. The fourth-order valence-electron chi connectivity index (χ4n) is 6.99. The molecule has 10 N–H and O–H groups in total. The maximum absolute atomic E-state index is 13.2. The van der Waals surface area contributed by atoms with Crippen molar-refractivity contribution < 1.29 is 68.3 Å². The third-order valence-electron chi connectivity index (χ3n) is 10.7. The summed E-state index contributed by atoms with van der Waals surface area (Å²) < 4.78 is 11.8. The number of hydrogen-bond donors (Lipinski definition) is 10. The summed E-state index contributed by atoms with van der Waals surface area (Å²) in [7, 11) is 0. The summed E-state index contributed by atoms with van der Waals surface area (Å²) in [6, 6.07) is 3.47. The van der Waals surface area contributed by atoms with Crippen LogP contribution in [0.3, 0.4) is 0 Å². The number of rotatable bonds is 30. The van der Waals surface area contributed by atoms with Gasteiger partial charge in [0.1, 0.15) is 47.8 Å². The Hall–Kier alpha value is -6.02. The van der Waals surface area contributed by atoms with Gasteiger partial charge in [-0.25, -0.2) is 9.59 Å². The third kappa shape index (κ3) is 20.1. The van der Waals surface area contributed by atoms with Crippen LogP contribution in [0.4, 0.5) is 0 Å². The molecular weight excluding hydrogens is 885 g/mol. The molecule has 2 aromatic rings. The van der Waals surface area contributed by atoms with Crippen molar-refractivity contribution in [2.75, 3.05) is 13.2 Å². The van der Waals surface area contributed by atoms with E-state index in [2.05, 4.69) is 31.9 Å². The lowest BCUT2D eigenvalue weighted by atomic mass is 10.00. The van der Waals surface area contributed by atoms with E-state index in [9.17, 15) is 58.8 Å². The summed E-state index contributed by atoms with van der Waals surface area (Å²) in [6.45, 7) is 16.8. The van der Waals surface area contributed by atoms with Gasteiger partial charge in [-0.1, -0.05) is 67.5 Å². The molecule has 0 aliphatic heterocycles. The van der Waals surface area contributed by atoms with E-state index in [1.807, 2.05) is 39.8 Å². The zero-order valence-corrected chi connectivity index (χ0v) is 40.9. The maximum atomic E-state index is 13.2. The van der Waals surface area contributed by atoms with E-state index in [4.69, 9.17) is 9.47 Å². The zero-order chi connectivity index (χ0) is 51.4. The molecule has 0 saturated heterocycles. The van der Waals surface area contributed by atoms with Gasteiger partial charge in [0, 0.05) is 12.8 Å². The fraction of sp³-hybridized carbons (Fsp3) is 0.625. The molecule has 0 aliphatic carbocycles. The van der Waals surface area contributed by atoms with Crippen molar-refractivity contribution in [3.05, 3.63) is 36.4 Å². The number of fused-ring (bicyclic) bond motifs is 1. The molecule has 2 aromatic carbocycles. The van der Waals surface area contributed by atoms with Crippen molar-refractivity contribution >= 4 is 58.2 Å². The summed E-state index contributed by atoms with van der Waals surface area (Å²) >= 11 is 0. The second kappa shape index (κ2) is 28.3. The summed E-state index contributed by atoms with van der Waals surface area (Å²) in [5, 5.41) is 56.6. The lowest BCUT2D eigenvalue weighted by Gasteiger charge is -2.27. The number of carbonyl (C=O) groups excluding carboxylic acids is 6. The molecule has 2 unspecified atom stereocenters. The molecular formula is C48H74N6O14. The average Bonchev–Trinajstić information content (AvgIpc) is 3.23. The second-order valence-electron chi connectivity index (χ2n) is 18.7. The van der Waals surface area contributed by atoms with Gasteiger partial charge in [-0.2, -0.15) is 0 Å². The van der Waals surface area contributed by atoms with E-state index in [1.54, 1.807) is 52.0 Å². The molecule has 0 heterocycles. The summed E-state index contributed by atoms with van der Waals surface area (Å²) in [5.74, 6) is -6.40. The number of carboxylic acid groups (broad SMARTS) is 2.